The number of nitrogens with zero attached hydrogens (tertiary/aromatic N) is 3. The van der Waals surface area contributed by atoms with E-state index in [2.05, 4.69) is 20.6 Å². The van der Waals surface area contributed by atoms with Crippen molar-refractivity contribution < 1.29 is 9.53 Å². The van der Waals surface area contributed by atoms with Crippen molar-refractivity contribution in [1.82, 2.24) is 25.3 Å². The lowest BCUT2D eigenvalue weighted by atomic mass is 10.0. The molecule has 0 saturated carbocycles. The zero-order valence-electron chi connectivity index (χ0n) is 15.2. The van der Waals surface area contributed by atoms with Gasteiger partial charge in [-0.1, -0.05) is 0 Å². The molecule has 2 N–H and O–H groups in total. The van der Waals surface area contributed by atoms with E-state index >= 15 is 0 Å². The smallest absolute Gasteiger partial charge is 0.315 e. The Labute approximate surface area is 150 Å². The van der Waals surface area contributed by atoms with Crippen LogP contribution in [-0.2, 0) is 18.2 Å². The van der Waals surface area contributed by atoms with Crippen LogP contribution in [0.5, 0.6) is 0 Å². The predicted molar refractivity (Wildman–Crippen MR) is 96.5 cm³/mol. The molecule has 7 heteroatoms. The molecule has 1 aromatic rings. The third-order valence-corrected chi connectivity index (χ3v) is 5.15. The monoisotopic (exact) mass is 349 g/mol. The van der Waals surface area contributed by atoms with E-state index in [4.69, 9.17) is 4.74 Å². The number of urea groups is 1. The van der Waals surface area contributed by atoms with Crippen molar-refractivity contribution in [2.75, 3.05) is 39.4 Å². The summed E-state index contributed by atoms with van der Waals surface area (Å²) >= 11 is 0. The number of aryl methyl sites for hydroxylation is 2. The van der Waals surface area contributed by atoms with E-state index in [1.54, 1.807) is 0 Å². The highest BCUT2D eigenvalue weighted by Crippen LogP contribution is 2.17. The number of carbonyl (C=O) groups is 1. The van der Waals surface area contributed by atoms with Gasteiger partial charge in [0.05, 0.1) is 12.8 Å². The van der Waals surface area contributed by atoms with Crippen molar-refractivity contribution in [1.29, 1.82) is 0 Å². The Balaban J connectivity index is 1.24. The molecule has 0 radical (unpaired) electrons. The van der Waals surface area contributed by atoms with Gasteiger partial charge < -0.3 is 20.3 Å². The Hall–Kier alpha value is -1.60. The van der Waals surface area contributed by atoms with Crippen LogP contribution in [0, 0.1) is 5.92 Å². The molecule has 140 valence electrons. The molecule has 0 spiro atoms. The van der Waals surface area contributed by atoms with E-state index in [9.17, 15) is 4.79 Å². The van der Waals surface area contributed by atoms with Crippen molar-refractivity contribution in [3.05, 3.63) is 18.0 Å². The number of hydrogen-bond donors (Lipinski definition) is 2. The molecule has 0 unspecified atom stereocenters. The maximum atomic E-state index is 12.0. The first-order chi connectivity index (χ1) is 12.2. The SMILES string of the molecule is Cn1cc(CCCNC(=O)NC2CCN(C[C@H]3CCOC3)CC2)cn1. The van der Waals surface area contributed by atoms with Crippen LogP contribution in [0.2, 0.25) is 0 Å². The van der Waals surface area contributed by atoms with E-state index in [-0.39, 0.29) is 6.03 Å². The third kappa shape index (κ3) is 6.01. The lowest BCUT2D eigenvalue weighted by molar-refractivity contribution is 0.148. The number of ether oxygens (including phenoxy) is 1. The molecule has 2 aliphatic heterocycles. The molecule has 25 heavy (non-hydrogen) atoms. The average Bonchev–Trinajstić information content (AvgIpc) is 3.25. The van der Waals surface area contributed by atoms with Gasteiger partial charge in [0.2, 0.25) is 0 Å². The Morgan fingerprint density at radius 1 is 1.36 bits per heavy atom. The molecule has 7 nitrogen and oxygen atoms in total. The molecule has 2 saturated heterocycles. The minimum Gasteiger partial charge on any atom is -0.381 e. The Bertz CT molecular complexity index is 533. The van der Waals surface area contributed by atoms with Crippen LogP contribution >= 0.6 is 0 Å². The summed E-state index contributed by atoms with van der Waals surface area (Å²) in [5.74, 6) is 0.702. The number of amides is 2. The highest BCUT2D eigenvalue weighted by Gasteiger charge is 2.24. The van der Waals surface area contributed by atoms with Crippen LogP contribution in [0.4, 0.5) is 4.79 Å². The fourth-order valence-electron chi connectivity index (χ4n) is 3.68. The van der Waals surface area contributed by atoms with E-state index in [1.807, 2.05) is 24.1 Å². The first-order valence-electron chi connectivity index (χ1n) is 9.51. The van der Waals surface area contributed by atoms with Gasteiger partial charge in [0.25, 0.3) is 0 Å². The van der Waals surface area contributed by atoms with E-state index in [1.165, 1.54) is 12.0 Å². The van der Waals surface area contributed by atoms with Gasteiger partial charge in [-0.3, -0.25) is 4.68 Å². The number of carbonyl (C=O) groups excluding carboxylic acids is 1. The van der Waals surface area contributed by atoms with Gasteiger partial charge in [0, 0.05) is 52.1 Å². The van der Waals surface area contributed by atoms with Gasteiger partial charge in [-0.05, 0) is 43.6 Å². The first kappa shape index (κ1) is 18.2. The maximum absolute atomic E-state index is 12.0. The van der Waals surface area contributed by atoms with E-state index in [0.29, 0.717) is 18.5 Å². The summed E-state index contributed by atoms with van der Waals surface area (Å²) in [5.41, 5.74) is 1.21. The van der Waals surface area contributed by atoms with Crippen molar-refractivity contribution >= 4 is 6.03 Å². The maximum Gasteiger partial charge on any atom is 0.315 e. The fraction of sp³-hybridized carbons (Fsp3) is 0.778. The van der Waals surface area contributed by atoms with Gasteiger partial charge >= 0.3 is 6.03 Å². The van der Waals surface area contributed by atoms with Crippen LogP contribution in [0.1, 0.15) is 31.2 Å². The van der Waals surface area contributed by atoms with Crippen molar-refractivity contribution in [3.63, 3.8) is 0 Å². The Morgan fingerprint density at radius 3 is 2.88 bits per heavy atom. The second-order valence-corrected chi connectivity index (χ2v) is 7.33. The summed E-state index contributed by atoms with van der Waals surface area (Å²) < 4.78 is 7.26. The summed E-state index contributed by atoms with van der Waals surface area (Å²) in [6, 6.07) is 0.267. The number of piperidine rings is 1. The highest BCUT2D eigenvalue weighted by atomic mass is 16.5. The summed E-state index contributed by atoms with van der Waals surface area (Å²) in [7, 11) is 1.92. The number of hydrogen-bond acceptors (Lipinski definition) is 4. The molecular weight excluding hydrogens is 318 g/mol. The van der Waals surface area contributed by atoms with Crippen LogP contribution < -0.4 is 10.6 Å². The second kappa shape index (κ2) is 9.20. The Morgan fingerprint density at radius 2 is 2.20 bits per heavy atom. The van der Waals surface area contributed by atoms with Gasteiger partial charge in [-0.15, -0.1) is 0 Å². The Kier molecular flexibility index (Phi) is 6.69. The lowest BCUT2D eigenvalue weighted by Crippen LogP contribution is -2.48. The normalized spacial score (nSPS) is 22.2. The van der Waals surface area contributed by atoms with Gasteiger partial charge in [0.15, 0.2) is 0 Å². The zero-order valence-corrected chi connectivity index (χ0v) is 15.2. The minimum absolute atomic E-state index is 0.0335. The summed E-state index contributed by atoms with van der Waals surface area (Å²) in [6.45, 7) is 5.82. The molecule has 2 aliphatic rings. The average molecular weight is 349 g/mol. The van der Waals surface area contributed by atoms with Crippen molar-refractivity contribution in [2.45, 2.75) is 38.1 Å². The number of aromatic nitrogens is 2. The molecule has 0 aliphatic carbocycles. The molecule has 0 aromatic carbocycles. The molecule has 3 heterocycles. The standard InChI is InChI=1S/C18H31N5O2/c1-22-12-15(11-20-22)3-2-7-19-18(24)21-17-4-8-23(9-5-17)13-16-6-10-25-14-16/h11-12,16-17H,2-10,13-14H2,1H3,(H2,19,21,24)/t16-/m1/s1. The molecule has 2 amide bonds. The lowest BCUT2D eigenvalue weighted by Gasteiger charge is -2.33. The number of nitrogens with one attached hydrogen (secondary N) is 2. The van der Waals surface area contributed by atoms with Crippen LogP contribution in [0.25, 0.3) is 0 Å². The number of rotatable bonds is 7. The van der Waals surface area contributed by atoms with Crippen molar-refractivity contribution in [3.8, 4) is 0 Å². The summed E-state index contributed by atoms with van der Waals surface area (Å²) in [5, 5.41) is 10.2. The number of likely N-dealkylation sites (tertiary alicyclic amines) is 1. The largest absolute Gasteiger partial charge is 0.381 e. The van der Waals surface area contributed by atoms with Crippen molar-refractivity contribution in [2.24, 2.45) is 13.0 Å². The van der Waals surface area contributed by atoms with E-state index in [0.717, 1.165) is 58.5 Å². The van der Waals surface area contributed by atoms with Crippen LogP contribution in [0.15, 0.2) is 12.4 Å². The molecule has 3 rings (SSSR count). The topological polar surface area (TPSA) is 71.4 Å². The van der Waals surface area contributed by atoms with Crippen LogP contribution in [0.3, 0.4) is 0 Å². The first-order valence-corrected chi connectivity index (χ1v) is 9.51. The predicted octanol–water partition coefficient (Wildman–Crippen LogP) is 1.15. The quantitative estimate of drug-likeness (QED) is 0.725. The fourth-order valence-corrected chi connectivity index (χ4v) is 3.68. The zero-order chi connectivity index (χ0) is 17.5. The van der Waals surface area contributed by atoms with E-state index < -0.39 is 0 Å². The minimum atomic E-state index is -0.0335. The second-order valence-electron chi connectivity index (χ2n) is 7.33. The third-order valence-electron chi connectivity index (χ3n) is 5.15. The summed E-state index contributed by atoms with van der Waals surface area (Å²) in [6.07, 6.45) is 9.04. The van der Waals surface area contributed by atoms with Gasteiger partial charge in [0.1, 0.15) is 0 Å². The van der Waals surface area contributed by atoms with Gasteiger partial charge in [-0.2, -0.15) is 5.10 Å². The molecular formula is C18H31N5O2. The van der Waals surface area contributed by atoms with Gasteiger partial charge in [-0.25, -0.2) is 4.79 Å². The molecule has 1 atom stereocenters. The molecule has 0 bridgehead atoms. The molecule has 1 aromatic heterocycles. The van der Waals surface area contributed by atoms with Crippen LogP contribution in [-0.4, -0.2) is 66.1 Å². The summed E-state index contributed by atoms with van der Waals surface area (Å²) in [4.78, 5) is 14.5. The molecule has 2 fully saturated rings. The highest BCUT2D eigenvalue weighted by molar-refractivity contribution is 5.74.